The number of ether oxygens (including phenoxy) is 2. The van der Waals surface area contributed by atoms with E-state index in [0.29, 0.717) is 6.54 Å². The predicted molar refractivity (Wildman–Crippen MR) is 75.5 cm³/mol. The van der Waals surface area contributed by atoms with Gasteiger partial charge in [-0.2, -0.15) is 0 Å². The molecule has 1 fully saturated rings. The van der Waals surface area contributed by atoms with E-state index in [1.54, 1.807) is 0 Å². The largest absolute Gasteiger partial charge is 0.453 e. The zero-order valence-electron chi connectivity index (χ0n) is 13.0. The first kappa shape index (κ1) is 16.6. The first-order valence-electron chi connectivity index (χ1n) is 6.86. The van der Waals surface area contributed by atoms with Crippen LogP contribution in [-0.4, -0.2) is 39.0 Å². The Bertz CT molecular complexity index is 370. The lowest BCUT2D eigenvalue weighted by atomic mass is 9.62. The van der Waals surface area contributed by atoms with E-state index in [0.717, 1.165) is 19.3 Å². The summed E-state index contributed by atoms with van der Waals surface area (Å²) in [5, 5.41) is 5.64. The van der Waals surface area contributed by atoms with E-state index < -0.39 is 12.2 Å². The molecule has 0 saturated heterocycles. The second-order valence-electron chi connectivity index (χ2n) is 6.74. The second kappa shape index (κ2) is 6.33. The van der Waals surface area contributed by atoms with Gasteiger partial charge in [-0.25, -0.2) is 9.59 Å². The summed E-state index contributed by atoms with van der Waals surface area (Å²) in [4.78, 5) is 22.6. The van der Waals surface area contributed by atoms with Gasteiger partial charge in [-0.05, 0) is 30.1 Å². The molecule has 2 atom stereocenters. The van der Waals surface area contributed by atoms with E-state index in [2.05, 4.69) is 40.9 Å². The molecule has 0 aromatic heterocycles. The van der Waals surface area contributed by atoms with Crippen molar-refractivity contribution in [2.75, 3.05) is 20.8 Å². The highest BCUT2D eigenvalue weighted by molar-refractivity contribution is 5.67. The highest BCUT2D eigenvalue weighted by Crippen LogP contribution is 2.45. The quantitative estimate of drug-likeness (QED) is 0.834. The molecule has 116 valence electrons. The molecule has 0 unspecified atom stereocenters. The summed E-state index contributed by atoms with van der Waals surface area (Å²) in [5.41, 5.74) is 0.0120. The van der Waals surface area contributed by atoms with Crippen molar-refractivity contribution < 1.29 is 19.1 Å². The van der Waals surface area contributed by atoms with Gasteiger partial charge in [0.2, 0.25) is 0 Å². The van der Waals surface area contributed by atoms with E-state index in [9.17, 15) is 9.59 Å². The lowest BCUT2D eigenvalue weighted by Crippen LogP contribution is -2.50. The first-order chi connectivity index (χ1) is 9.19. The van der Waals surface area contributed by atoms with E-state index in [4.69, 9.17) is 0 Å². The standard InChI is InChI=1S/C14H26N2O4/c1-13(2)6-10(16-12(18)20-5)7-14(3,8-13)9-15-11(17)19-4/h10H,6-9H2,1-5H3,(H,15,17)(H,16,18)/t10-,14+/m0/s1. The van der Waals surface area contributed by atoms with Crippen molar-refractivity contribution in [3.63, 3.8) is 0 Å². The smallest absolute Gasteiger partial charge is 0.407 e. The topological polar surface area (TPSA) is 76.7 Å². The molecule has 0 aromatic rings. The summed E-state index contributed by atoms with van der Waals surface area (Å²) in [6.07, 6.45) is 1.84. The lowest BCUT2D eigenvalue weighted by molar-refractivity contribution is 0.0662. The maximum absolute atomic E-state index is 11.4. The fraction of sp³-hybridized carbons (Fsp3) is 0.857. The Morgan fingerprint density at radius 1 is 1.10 bits per heavy atom. The number of alkyl carbamates (subject to hydrolysis) is 2. The normalized spacial score (nSPS) is 28.4. The molecule has 0 radical (unpaired) electrons. The molecule has 6 nitrogen and oxygen atoms in total. The van der Waals surface area contributed by atoms with E-state index in [1.807, 2.05) is 0 Å². The van der Waals surface area contributed by atoms with Crippen molar-refractivity contribution in [2.24, 2.45) is 10.8 Å². The van der Waals surface area contributed by atoms with Crippen LogP contribution in [0.15, 0.2) is 0 Å². The molecule has 0 heterocycles. The van der Waals surface area contributed by atoms with E-state index in [-0.39, 0.29) is 16.9 Å². The molecule has 2 N–H and O–H groups in total. The zero-order valence-corrected chi connectivity index (χ0v) is 13.0. The molecule has 0 bridgehead atoms. The second-order valence-corrected chi connectivity index (χ2v) is 6.74. The van der Waals surface area contributed by atoms with Crippen molar-refractivity contribution in [1.82, 2.24) is 10.6 Å². The maximum Gasteiger partial charge on any atom is 0.407 e. The Labute approximate surface area is 120 Å². The third-order valence-electron chi connectivity index (χ3n) is 3.80. The Morgan fingerprint density at radius 2 is 1.70 bits per heavy atom. The third-order valence-corrected chi connectivity index (χ3v) is 3.80. The molecule has 1 saturated carbocycles. The molecule has 20 heavy (non-hydrogen) atoms. The minimum absolute atomic E-state index is 0.0515. The van der Waals surface area contributed by atoms with Gasteiger partial charge in [-0.15, -0.1) is 0 Å². The molecule has 0 spiro atoms. The summed E-state index contributed by atoms with van der Waals surface area (Å²) < 4.78 is 9.27. The SMILES string of the molecule is COC(=O)NC[C@]1(C)C[C@@H](NC(=O)OC)CC(C)(C)C1. The minimum Gasteiger partial charge on any atom is -0.453 e. The van der Waals surface area contributed by atoms with E-state index in [1.165, 1.54) is 14.2 Å². The van der Waals surface area contributed by atoms with Gasteiger partial charge < -0.3 is 20.1 Å². The van der Waals surface area contributed by atoms with Gasteiger partial charge in [0.15, 0.2) is 0 Å². The summed E-state index contributed by atoms with van der Waals surface area (Å²) in [5.74, 6) is 0. The molecule has 1 aliphatic rings. The van der Waals surface area contributed by atoms with Crippen LogP contribution < -0.4 is 10.6 Å². The van der Waals surface area contributed by atoms with Crippen molar-refractivity contribution in [3.05, 3.63) is 0 Å². The molecule has 6 heteroatoms. The Hall–Kier alpha value is -1.46. The highest BCUT2D eigenvalue weighted by atomic mass is 16.5. The average Bonchev–Trinajstić information content (AvgIpc) is 2.33. The lowest BCUT2D eigenvalue weighted by Gasteiger charge is -2.46. The third kappa shape index (κ3) is 4.90. The van der Waals surface area contributed by atoms with Crippen molar-refractivity contribution in [3.8, 4) is 0 Å². The number of hydrogen-bond acceptors (Lipinski definition) is 4. The molecular formula is C14H26N2O4. The number of carbonyl (C=O) groups is 2. The molecule has 1 aliphatic carbocycles. The Kier molecular flexibility index (Phi) is 5.25. The number of nitrogens with one attached hydrogen (secondary N) is 2. The van der Waals surface area contributed by atoms with E-state index >= 15 is 0 Å². The fourth-order valence-electron chi connectivity index (χ4n) is 3.45. The van der Waals surface area contributed by atoms with Crippen LogP contribution >= 0.6 is 0 Å². The summed E-state index contributed by atoms with van der Waals surface area (Å²) in [7, 11) is 2.71. The first-order valence-corrected chi connectivity index (χ1v) is 6.86. The molecule has 1 rings (SSSR count). The zero-order chi connectivity index (χ0) is 15.4. The summed E-state index contributed by atoms with van der Waals surface area (Å²) in [6.45, 7) is 7.00. The minimum atomic E-state index is -0.424. The summed E-state index contributed by atoms with van der Waals surface area (Å²) >= 11 is 0. The molecule has 0 aromatic carbocycles. The van der Waals surface area contributed by atoms with Gasteiger partial charge >= 0.3 is 12.2 Å². The molecule has 2 amide bonds. The highest BCUT2D eigenvalue weighted by Gasteiger charge is 2.42. The number of carbonyl (C=O) groups excluding carboxylic acids is 2. The number of hydrogen-bond donors (Lipinski definition) is 2. The van der Waals surface area contributed by atoms with Crippen LogP contribution in [0.2, 0.25) is 0 Å². The van der Waals surface area contributed by atoms with Crippen LogP contribution in [0.3, 0.4) is 0 Å². The van der Waals surface area contributed by atoms with Crippen LogP contribution in [0.1, 0.15) is 40.0 Å². The predicted octanol–water partition coefficient (Wildman–Crippen LogP) is 2.28. The van der Waals surface area contributed by atoms with Crippen LogP contribution in [0.25, 0.3) is 0 Å². The average molecular weight is 286 g/mol. The number of amides is 2. The molecule has 0 aliphatic heterocycles. The monoisotopic (exact) mass is 286 g/mol. The van der Waals surface area contributed by atoms with Gasteiger partial charge in [-0.3, -0.25) is 0 Å². The molecular weight excluding hydrogens is 260 g/mol. The van der Waals surface area contributed by atoms with Crippen molar-refractivity contribution >= 4 is 12.2 Å². The van der Waals surface area contributed by atoms with Gasteiger partial charge in [0.05, 0.1) is 14.2 Å². The van der Waals surface area contributed by atoms with Crippen molar-refractivity contribution in [2.45, 2.75) is 46.1 Å². The Balaban J connectivity index is 2.70. The van der Waals surface area contributed by atoms with Crippen LogP contribution in [0.5, 0.6) is 0 Å². The van der Waals surface area contributed by atoms with Crippen LogP contribution in [-0.2, 0) is 9.47 Å². The fourth-order valence-corrected chi connectivity index (χ4v) is 3.45. The van der Waals surface area contributed by atoms with Gasteiger partial charge in [0.1, 0.15) is 0 Å². The Morgan fingerprint density at radius 3 is 2.25 bits per heavy atom. The van der Waals surface area contributed by atoms with Crippen LogP contribution in [0.4, 0.5) is 9.59 Å². The van der Waals surface area contributed by atoms with Crippen molar-refractivity contribution in [1.29, 1.82) is 0 Å². The number of methoxy groups -OCH3 is 2. The number of rotatable bonds is 3. The van der Waals surface area contributed by atoms with Gasteiger partial charge in [0.25, 0.3) is 0 Å². The maximum atomic E-state index is 11.4. The summed E-state index contributed by atoms with van der Waals surface area (Å²) in [6, 6.07) is 0.0515. The van der Waals surface area contributed by atoms with Gasteiger partial charge in [-0.1, -0.05) is 20.8 Å². The van der Waals surface area contributed by atoms with Crippen LogP contribution in [0, 0.1) is 10.8 Å². The van der Waals surface area contributed by atoms with Gasteiger partial charge in [0, 0.05) is 12.6 Å².